The minimum absolute atomic E-state index is 0.578. The second-order valence-corrected chi connectivity index (χ2v) is 7.88. The molecule has 0 amide bonds. The smallest absolute Gasteiger partial charge is 0.0269 e. The van der Waals surface area contributed by atoms with Gasteiger partial charge >= 0.3 is 0 Å². The van der Waals surface area contributed by atoms with Gasteiger partial charge in [0.05, 0.1) is 0 Å². The molecule has 0 N–H and O–H groups in total. The van der Waals surface area contributed by atoms with Gasteiger partial charge in [0, 0.05) is 0 Å². The molecule has 0 radical (unpaired) electrons. The highest BCUT2D eigenvalue weighted by atomic mass is 14.4. The van der Waals surface area contributed by atoms with Gasteiger partial charge in [0.25, 0.3) is 0 Å². The molecule has 0 rings (SSSR count). The maximum absolute atomic E-state index is 2.46. The second kappa shape index (κ2) is 9.03. The Morgan fingerprint density at radius 2 is 1.16 bits per heavy atom. The molecule has 0 aliphatic rings. The van der Waals surface area contributed by atoms with Crippen LogP contribution in [0, 0.1) is 29.1 Å². The minimum atomic E-state index is 0.578. The van der Waals surface area contributed by atoms with Crippen molar-refractivity contribution >= 4 is 0 Å². The first kappa shape index (κ1) is 19.0. The van der Waals surface area contributed by atoms with Crippen LogP contribution in [0.4, 0.5) is 0 Å². The fourth-order valence-electron chi connectivity index (χ4n) is 3.30. The summed E-state index contributed by atoms with van der Waals surface area (Å²) >= 11 is 0. The molecule has 0 heteroatoms. The molecular weight excluding hydrogens is 228 g/mol. The lowest BCUT2D eigenvalue weighted by Crippen LogP contribution is -2.32. The zero-order valence-electron chi connectivity index (χ0n) is 15.1. The van der Waals surface area contributed by atoms with Crippen LogP contribution in [0.5, 0.6) is 0 Å². The summed E-state index contributed by atoms with van der Waals surface area (Å²) in [5, 5.41) is 0. The van der Waals surface area contributed by atoms with E-state index in [-0.39, 0.29) is 0 Å². The average molecular weight is 269 g/mol. The topological polar surface area (TPSA) is 0 Å². The van der Waals surface area contributed by atoms with Crippen LogP contribution in [-0.4, -0.2) is 0 Å². The van der Waals surface area contributed by atoms with Crippen LogP contribution < -0.4 is 0 Å². The van der Waals surface area contributed by atoms with Crippen LogP contribution in [0.25, 0.3) is 0 Å². The van der Waals surface area contributed by atoms with Crippen LogP contribution in [0.1, 0.15) is 93.9 Å². The van der Waals surface area contributed by atoms with E-state index >= 15 is 0 Å². The summed E-state index contributed by atoms with van der Waals surface area (Å²) in [4.78, 5) is 0. The van der Waals surface area contributed by atoms with E-state index in [9.17, 15) is 0 Å². The molecule has 0 aromatic carbocycles. The molecule has 0 fully saturated rings. The van der Waals surface area contributed by atoms with E-state index in [2.05, 4.69) is 55.4 Å². The van der Waals surface area contributed by atoms with E-state index in [4.69, 9.17) is 0 Å². The van der Waals surface area contributed by atoms with E-state index in [0.717, 1.165) is 23.7 Å². The molecule has 116 valence electrons. The van der Waals surface area contributed by atoms with E-state index in [1.165, 1.54) is 38.5 Å². The Morgan fingerprint density at radius 3 is 1.42 bits per heavy atom. The summed E-state index contributed by atoms with van der Waals surface area (Å²) in [6.07, 6.45) is 8.34. The Bertz CT molecular complexity index is 202. The lowest BCUT2D eigenvalue weighted by atomic mass is 9.63. The van der Waals surface area contributed by atoms with E-state index < -0.39 is 0 Å². The average Bonchev–Trinajstić information content (AvgIpc) is 2.35. The van der Waals surface area contributed by atoms with Crippen molar-refractivity contribution in [1.29, 1.82) is 0 Å². The molecule has 0 saturated heterocycles. The van der Waals surface area contributed by atoms with Crippen LogP contribution in [0.3, 0.4) is 0 Å². The Kier molecular flexibility index (Phi) is 9.03. The fourth-order valence-corrected chi connectivity index (χ4v) is 3.30. The highest BCUT2D eigenvalue weighted by Gasteiger charge is 2.35. The van der Waals surface area contributed by atoms with E-state index in [1.807, 2.05) is 0 Å². The number of hydrogen-bond donors (Lipinski definition) is 0. The molecule has 0 bridgehead atoms. The number of hydrogen-bond acceptors (Lipinski definition) is 0. The van der Waals surface area contributed by atoms with Crippen molar-refractivity contribution in [2.24, 2.45) is 29.1 Å². The molecule has 0 aliphatic heterocycles. The molecule has 0 nitrogen and oxygen atoms in total. The third kappa shape index (κ3) is 6.82. The lowest BCUT2D eigenvalue weighted by Gasteiger charge is -2.42. The molecule has 19 heavy (non-hydrogen) atoms. The summed E-state index contributed by atoms with van der Waals surface area (Å²) in [6, 6.07) is 0. The van der Waals surface area contributed by atoms with Crippen LogP contribution in [-0.2, 0) is 0 Å². The van der Waals surface area contributed by atoms with Crippen molar-refractivity contribution in [3.05, 3.63) is 0 Å². The van der Waals surface area contributed by atoms with Gasteiger partial charge in [-0.05, 0) is 48.3 Å². The standard InChI is InChI=1S/C19H40/c1-9-17(7)13-19(16(5)6,12-11-15(3)4)14-18(8)10-2/h15-18H,9-14H2,1-8H3. The van der Waals surface area contributed by atoms with Gasteiger partial charge in [-0.1, -0.05) is 74.7 Å². The van der Waals surface area contributed by atoms with Gasteiger partial charge in [-0.15, -0.1) is 0 Å². The van der Waals surface area contributed by atoms with Gasteiger partial charge in [-0.25, -0.2) is 0 Å². The number of rotatable bonds is 10. The normalized spacial score (nSPS) is 18.6. The fraction of sp³-hybridized carbons (Fsp3) is 1.00. The van der Waals surface area contributed by atoms with Gasteiger partial charge < -0.3 is 0 Å². The maximum Gasteiger partial charge on any atom is -0.0269 e. The molecule has 0 spiro atoms. The summed E-state index contributed by atoms with van der Waals surface area (Å²) in [7, 11) is 0. The SMILES string of the molecule is CCC(C)CC(CCC(C)C)(CC(C)CC)C(C)C. The third-order valence-electron chi connectivity index (χ3n) is 5.35. The third-order valence-corrected chi connectivity index (χ3v) is 5.35. The first-order chi connectivity index (χ1) is 8.77. The molecule has 0 aromatic heterocycles. The van der Waals surface area contributed by atoms with Crippen LogP contribution in [0.2, 0.25) is 0 Å². The predicted molar refractivity (Wildman–Crippen MR) is 89.5 cm³/mol. The van der Waals surface area contributed by atoms with Crippen molar-refractivity contribution in [3.63, 3.8) is 0 Å². The van der Waals surface area contributed by atoms with Crippen molar-refractivity contribution in [1.82, 2.24) is 0 Å². The Labute approximate surface area is 123 Å². The monoisotopic (exact) mass is 268 g/mol. The highest BCUT2D eigenvalue weighted by Crippen LogP contribution is 2.46. The first-order valence-corrected chi connectivity index (χ1v) is 8.77. The molecular formula is C19H40. The highest BCUT2D eigenvalue weighted by molar-refractivity contribution is 4.86. The molecule has 0 aromatic rings. The van der Waals surface area contributed by atoms with Crippen molar-refractivity contribution < 1.29 is 0 Å². The maximum atomic E-state index is 2.46. The Morgan fingerprint density at radius 1 is 0.737 bits per heavy atom. The van der Waals surface area contributed by atoms with Gasteiger partial charge in [0.15, 0.2) is 0 Å². The van der Waals surface area contributed by atoms with Gasteiger partial charge in [0.1, 0.15) is 0 Å². The largest absolute Gasteiger partial charge is 0.0651 e. The minimum Gasteiger partial charge on any atom is -0.0651 e. The van der Waals surface area contributed by atoms with Gasteiger partial charge in [-0.2, -0.15) is 0 Å². The van der Waals surface area contributed by atoms with Crippen LogP contribution >= 0.6 is 0 Å². The zero-order chi connectivity index (χ0) is 15.1. The summed E-state index contributed by atoms with van der Waals surface area (Å²) in [5.41, 5.74) is 0.578. The van der Waals surface area contributed by atoms with Crippen molar-refractivity contribution in [2.45, 2.75) is 93.9 Å². The summed E-state index contributed by atoms with van der Waals surface area (Å²) < 4.78 is 0. The quantitative estimate of drug-likeness (QED) is 0.402. The first-order valence-electron chi connectivity index (χ1n) is 8.77. The molecule has 0 aliphatic carbocycles. The van der Waals surface area contributed by atoms with Crippen molar-refractivity contribution in [2.75, 3.05) is 0 Å². The molecule has 0 saturated carbocycles. The second-order valence-electron chi connectivity index (χ2n) is 7.88. The van der Waals surface area contributed by atoms with Crippen LogP contribution in [0.15, 0.2) is 0 Å². The summed E-state index contributed by atoms with van der Waals surface area (Å²) in [5.74, 6) is 3.40. The summed E-state index contributed by atoms with van der Waals surface area (Å²) in [6.45, 7) is 19.3. The van der Waals surface area contributed by atoms with E-state index in [1.54, 1.807) is 0 Å². The molecule has 2 atom stereocenters. The predicted octanol–water partition coefficient (Wildman–Crippen LogP) is 6.94. The van der Waals surface area contributed by atoms with E-state index in [0.29, 0.717) is 5.41 Å². The molecule has 2 unspecified atom stereocenters. The Balaban J connectivity index is 4.98. The van der Waals surface area contributed by atoms with Gasteiger partial charge in [0.2, 0.25) is 0 Å². The zero-order valence-corrected chi connectivity index (χ0v) is 15.1. The van der Waals surface area contributed by atoms with Gasteiger partial charge in [-0.3, -0.25) is 0 Å². The Hall–Kier alpha value is 0. The lowest BCUT2D eigenvalue weighted by molar-refractivity contribution is 0.0826. The van der Waals surface area contributed by atoms with Crippen molar-refractivity contribution in [3.8, 4) is 0 Å². The molecule has 0 heterocycles.